The first-order chi connectivity index (χ1) is 11.7. The van der Waals surface area contributed by atoms with Crippen LogP contribution in [-0.4, -0.2) is 12.8 Å². The molecule has 0 aromatic heterocycles. The van der Waals surface area contributed by atoms with E-state index in [9.17, 15) is 0 Å². The predicted octanol–water partition coefficient (Wildman–Crippen LogP) is 6.18. The van der Waals surface area contributed by atoms with E-state index in [4.69, 9.17) is 11.6 Å². The van der Waals surface area contributed by atoms with Crippen molar-refractivity contribution in [3.05, 3.63) is 71.3 Å². The maximum atomic E-state index is 6.77. The van der Waals surface area contributed by atoms with E-state index in [1.807, 2.05) is 54.7 Å². The van der Waals surface area contributed by atoms with Gasteiger partial charge in [0.05, 0.1) is 5.69 Å². The molecular weight excluding hydrogens is 316 g/mol. The van der Waals surface area contributed by atoms with E-state index in [1.165, 1.54) is 0 Å². The Morgan fingerprint density at radius 3 is 2.46 bits per heavy atom. The summed E-state index contributed by atoms with van der Waals surface area (Å²) in [6.45, 7) is 3.07. The number of benzene rings is 2. The van der Waals surface area contributed by atoms with Crippen LogP contribution in [0.1, 0.15) is 26.2 Å². The van der Waals surface area contributed by atoms with Gasteiger partial charge in [-0.25, -0.2) is 0 Å². The van der Waals surface area contributed by atoms with E-state index in [1.54, 1.807) is 0 Å². The molecule has 2 aromatic rings. The molecule has 2 aromatic carbocycles. The number of anilines is 1. The second-order valence-electron chi connectivity index (χ2n) is 6.57. The summed E-state index contributed by atoms with van der Waals surface area (Å²) in [5.74, 6) is 0. The topological polar surface area (TPSA) is 24.4 Å². The van der Waals surface area contributed by atoms with Crippen molar-refractivity contribution >= 4 is 29.2 Å². The zero-order valence-electron chi connectivity index (χ0n) is 14.0. The van der Waals surface area contributed by atoms with E-state index in [2.05, 4.69) is 29.4 Å². The van der Waals surface area contributed by atoms with Crippen molar-refractivity contribution in [2.24, 2.45) is 10.4 Å². The van der Waals surface area contributed by atoms with Gasteiger partial charge in [-0.05, 0) is 49.1 Å². The molecule has 24 heavy (non-hydrogen) atoms. The van der Waals surface area contributed by atoms with Crippen LogP contribution in [0.25, 0.3) is 0 Å². The largest absolute Gasteiger partial charge is 0.384 e. The molecule has 3 heteroatoms. The quantitative estimate of drug-likeness (QED) is 0.646. The Balaban J connectivity index is 1.74. The number of nitrogens with one attached hydrogen (secondary N) is 1. The third-order valence-corrected chi connectivity index (χ3v) is 5.27. The van der Waals surface area contributed by atoms with Crippen LogP contribution >= 0.6 is 11.6 Å². The zero-order chi connectivity index (χ0) is 16.8. The van der Waals surface area contributed by atoms with Crippen LogP contribution in [0, 0.1) is 5.41 Å². The van der Waals surface area contributed by atoms with Crippen LogP contribution < -0.4 is 5.32 Å². The van der Waals surface area contributed by atoms with E-state index in [0.29, 0.717) is 0 Å². The van der Waals surface area contributed by atoms with Gasteiger partial charge in [-0.2, -0.15) is 0 Å². The predicted molar refractivity (Wildman–Crippen MR) is 104 cm³/mol. The highest BCUT2D eigenvalue weighted by molar-refractivity contribution is 6.32. The molecule has 124 valence electrons. The van der Waals surface area contributed by atoms with Crippen LogP contribution in [0.2, 0.25) is 0 Å². The second kappa shape index (κ2) is 7.67. The van der Waals surface area contributed by atoms with Gasteiger partial charge < -0.3 is 5.32 Å². The SMILES string of the molecule is CC1(CNc2ccccc2)CCCC(C=Nc2ccccc2)=C1Cl. The maximum Gasteiger partial charge on any atom is 0.0629 e. The zero-order valence-corrected chi connectivity index (χ0v) is 14.8. The van der Waals surface area contributed by atoms with E-state index >= 15 is 0 Å². The highest BCUT2D eigenvalue weighted by Crippen LogP contribution is 2.42. The van der Waals surface area contributed by atoms with Crippen molar-refractivity contribution < 1.29 is 0 Å². The van der Waals surface area contributed by atoms with Gasteiger partial charge in [0.15, 0.2) is 0 Å². The van der Waals surface area contributed by atoms with Gasteiger partial charge in [0, 0.05) is 28.9 Å². The Kier molecular flexibility index (Phi) is 5.37. The van der Waals surface area contributed by atoms with E-state index in [0.717, 1.165) is 47.8 Å². The van der Waals surface area contributed by atoms with Gasteiger partial charge >= 0.3 is 0 Å². The van der Waals surface area contributed by atoms with Gasteiger partial charge in [-0.15, -0.1) is 0 Å². The molecular formula is C21H23ClN2. The fraction of sp³-hybridized carbons (Fsp3) is 0.286. The fourth-order valence-electron chi connectivity index (χ4n) is 3.08. The van der Waals surface area contributed by atoms with Crippen molar-refractivity contribution in [1.82, 2.24) is 0 Å². The van der Waals surface area contributed by atoms with Crippen LogP contribution in [0.15, 0.2) is 76.3 Å². The molecule has 2 nitrogen and oxygen atoms in total. The summed E-state index contributed by atoms with van der Waals surface area (Å²) >= 11 is 6.77. The monoisotopic (exact) mass is 338 g/mol. The molecule has 1 atom stereocenters. The summed E-state index contributed by atoms with van der Waals surface area (Å²) in [4.78, 5) is 4.58. The molecule has 0 saturated heterocycles. The van der Waals surface area contributed by atoms with Crippen molar-refractivity contribution in [2.45, 2.75) is 26.2 Å². The van der Waals surface area contributed by atoms with Crippen LogP contribution in [0.4, 0.5) is 11.4 Å². The molecule has 1 aliphatic rings. The van der Waals surface area contributed by atoms with Gasteiger partial charge in [0.1, 0.15) is 0 Å². The first kappa shape index (κ1) is 16.8. The number of hydrogen-bond donors (Lipinski definition) is 1. The number of aliphatic imine (C=N–C) groups is 1. The smallest absolute Gasteiger partial charge is 0.0629 e. The molecule has 1 aliphatic carbocycles. The average Bonchev–Trinajstić information content (AvgIpc) is 2.63. The normalized spacial score (nSPS) is 21.2. The lowest BCUT2D eigenvalue weighted by molar-refractivity contribution is 0.374. The maximum absolute atomic E-state index is 6.77. The number of halogens is 1. The first-order valence-electron chi connectivity index (χ1n) is 8.45. The van der Waals surface area contributed by atoms with Gasteiger partial charge in [0.2, 0.25) is 0 Å². The molecule has 0 radical (unpaired) electrons. The van der Waals surface area contributed by atoms with Crippen LogP contribution in [0.5, 0.6) is 0 Å². The molecule has 1 unspecified atom stereocenters. The summed E-state index contributed by atoms with van der Waals surface area (Å²) in [6.07, 6.45) is 5.17. The molecule has 0 amide bonds. The number of para-hydroxylation sites is 2. The Labute approximate surface area is 149 Å². The third kappa shape index (κ3) is 4.07. The first-order valence-corrected chi connectivity index (χ1v) is 8.82. The lowest BCUT2D eigenvalue weighted by Crippen LogP contribution is -2.30. The van der Waals surface area contributed by atoms with Crippen LogP contribution in [-0.2, 0) is 0 Å². The summed E-state index contributed by atoms with van der Waals surface area (Å²) in [5, 5.41) is 4.46. The minimum Gasteiger partial charge on any atom is -0.384 e. The summed E-state index contributed by atoms with van der Waals surface area (Å²) in [6, 6.07) is 20.3. The van der Waals surface area contributed by atoms with Crippen molar-refractivity contribution in [3.63, 3.8) is 0 Å². The highest BCUT2D eigenvalue weighted by Gasteiger charge is 2.32. The fourth-order valence-corrected chi connectivity index (χ4v) is 3.39. The number of nitrogens with zero attached hydrogens (tertiary/aromatic N) is 1. The van der Waals surface area contributed by atoms with Crippen molar-refractivity contribution in [1.29, 1.82) is 0 Å². The van der Waals surface area contributed by atoms with Gasteiger partial charge in [0.25, 0.3) is 0 Å². The number of allylic oxidation sites excluding steroid dienone is 1. The van der Waals surface area contributed by atoms with Gasteiger partial charge in [-0.3, -0.25) is 4.99 Å². The molecule has 0 bridgehead atoms. The van der Waals surface area contributed by atoms with E-state index < -0.39 is 0 Å². The van der Waals surface area contributed by atoms with Crippen molar-refractivity contribution in [3.8, 4) is 0 Å². The Morgan fingerprint density at radius 2 is 1.75 bits per heavy atom. The molecule has 1 N–H and O–H groups in total. The minimum absolute atomic E-state index is 0.0479. The summed E-state index contributed by atoms with van der Waals surface area (Å²) in [5.41, 5.74) is 3.20. The lowest BCUT2D eigenvalue weighted by atomic mass is 9.77. The number of hydrogen-bond acceptors (Lipinski definition) is 2. The van der Waals surface area contributed by atoms with Crippen molar-refractivity contribution in [2.75, 3.05) is 11.9 Å². The Bertz CT molecular complexity index is 722. The second-order valence-corrected chi connectivity index (χ2v) is 6.94. The molecule has 0 saturated carbocycles. The highest BCUT2D eigenvalue weighted by atomic mass is 35.5. The number of rotatable bonds is 5. The molecule has 0 heterocycles. The van der Waals surface area contributed by atoms with Gasteiger partial charge in [-0.1, -0.05) is 54.9 Å². The Hall–Kier alpha value is -2.06. The molecule has 3 rings (SSSR count). The minimum atomic E-state index is -0.0479. The molecule has 0 aliphatic heterocycles. The molecule has 0 fully saturated rings. The average molecular weight is 339 g/mol. The summed E-state index contributed by atoms with van der Waals surface area (Å²) < 4.78 is 0. The summed E-state index contributed by atoms with van der Waals surface area (Å²) in [7, 11) is 0. The third-order valence-electron chi connectivity index (χ3n) is 4.57. The van der Waals surface area contributed by atoms with E-state index in [-0.39, 0.29) is 5.41 Å². The Morgan fingerprint density at radius 1 is 1.08 bits per heavy atom. The standard InChI is InChI=1S/C21H23ClN2/c1-21(16-24-19-12-6-3-7-13-19)14-8-9-17(20(21)22)15-23-18-10-4-2-5-11-18/h2-7,10-13,15,24H,8-9,14,16H2,1H3. The molecule has 0 spiro atoms. The van der Waals surface area contributed by atoms with Crippen LogP contribution in [0.3, 0.4) is 0 Å². The lowest BCUT2D eigenvalue weighted by Gasteiger charge is -2.35.